The molecule has 0 radical (unpaired) electrons. The topological polar surface area (TPSA) is 80.3 Å². The molecule has 5 nitrogen and oxygen atoms in total. The summed E-state index contributed by atoms with van der Waals surface area (Å²) in [6.07, 6.45) is 2.10. The average molecular weight is 303 g/mol. The maximum Gasteiger partial charge on any atom is 0.240 e. The minimum absolute atomic E-state index is 0.109. The molecule has 0 saturated heterocycles. The number of carbonyl (C=O) groups excluding carboxylic acids is 1. The fourth-order valence-electron chi connectivity index (χ4n) is 1.43. The first-order valence-corrected chi connectivity index (χ1v) is 8.94. The Labute approximate surface area is 115 Å². The van der Waals surface area contributed by atoms with Gasteiger partial charge in [0.15, 0.2) is 5.78 Å². The first kappa shape index (κ1) is 16.0. The van der Waals surface area contributed by atoms with E-state index in [0.717, 1.165) is 0 Å². The summed E-state index contributed by atoms with van der Waals surface area (Å²) in [7, 11) is -4.48. The third kappa shape index (κ3) is 5.22. The normalized spacial score (nSPS) is 13.2. The van der Waals surface area contributed by atoms with Gasteiger partial charge < -0.3 is 0 Å². The van der Waals surface area contributed by atoms with Gasteiger partial charge in [-0.25, -0.2) is 13.1 Å². The molecule has 7 heteroatoms. The van der Waals surface area contributed by atoms with Gasteiger partial charge in [-0.3, -0.25) is 9.00 Å². The van der Waals surface area contributed by atoms with E-state index in [1.54, 1.807) is 6.26 Å². The minimum Gasteiger partial charge on any atom is -0.295 e. The van der Waals surface area contributed by atoms with E-state index >= 15 is 0 Å². The Kier molecular flexibility index (Phi) is 5.84. The molecular formula is C12H17NO4S2. The summed E-state index contributed by atoms with van der Waals surface area (Å²) in [5.74, 6) is 0.355. The molecule has 0 aromatic heterocycles. The first-order valence-electron chi connectivity index (χ1n) is 5.73. The SMILES string of the molecule is CC(=O)c1ccc(S(=O)(=O)NCCCS(C)=O)cc1. The lowest BCUT2D eigenvalue weighted by molar-refractivity contribution is 0.101. The third-order valence-corrected chi connectivity index (χ3v) is 4.81. The van der Waals surface area contributed by atoms with Crippen LogP contribution in [-0.2, 0) is 20.8 Å². The molecule has 19 heavy (non-hydrogen) atoms. The van der Waals surface area contributed by atoms with E-state index in [0.29, 0.717) is 17.7 Å². The summed E-state index contributed by atoms with van der Waals surface area (Å²) in [4.78, 5) is 11.2. The van der Waals surface area contributed by atoms with E-state index in [2.05, 4.69) is 4.72 Å². The largest absolute Gasteiger partial charge is 0.295 e. The first-order chi connectivity index (χ1) is 8.83. The number of rotatable bonds is 7. The molecule has 1 N–H and O–H groups in total. The van der Waals surface area contributed by atoms with Crippen molar-refractivity contribution < 1.29 is 17.4 Å². The van der Waals surface area contributed by atoms with E-state index in [1.165, 1.54) is 31.2 Å². The van der Waals surface area contributed by atoms with Crippen LogP contribution in [0.4, 0.5) is 0 Å². The van der Waals surface area contributed by atoms with Crippen LogP contribution in [-0.4, -0.2) is 37.0 Å². The van der Waals surface area contributed by atoms with E-state index in [4.69, 9.17) is 0 Å². The van der Waals surface area contributed by atoms with Crippen molar-refractivity contribution in [1.29, 1.82) is 0 Å². The second-order valence-electron chi connectivity index (χ2n) is 4.11. The van der Waals surface area contributed by atoms with Gasteiger partial charge in [0.25, 0.3) is 0 Å². The Morgan fingerprint density at radius 3 is 2.32 bits per heavy atom. The lowest BCUT2D eigenvalue weighted by Crippen LogP contribution is -2.25. The van der Waals surface area contributed by atoms with Gasteiger partial charge in [-0.1, -0.05) is 12.1 Å². The minimum atomic E-state index is -3.56. The second-order valence-corrected chi connectivity index (χ2v) is 7.43. The van der Waals surface area contributed by atoms with Crippen molar-refractivity contribution in [3.05, 3.63) is 29.8 Å². The van der Waals surface area contributed by atoms with Crippen molar-refractivity contribution in [3.63, 3.8) is 0 Å². The van der Waals surface area contributed by atoms with Crippen LogP contribution in [0.25, 0.3) is 0 Å². The van der Waals surface area contributed by atoms with E-state index < -0.39 is 20.8 Å². The van der Waals surface area contributed by atoms with Crippen molar-refractivity contribution in [2.75, 3.05) is 18.6 Å². The number of hydrogen-bond donors (Lipinski definition) is 1. The predicted molar refractivity (Wildman–Crippen MR) is 75.2 cm³/mol. The maximum absolute atomic E-state index is 11.9. The highest BCUT2D eigenvalue weighted by Crippen LogP contribution is 2.10. The van der Waals surface area contributed by atoms with Crippen LogP contribution in [0.5, 0.6) is 0 Å². The number of sulfonamides is 1. The molecule has 1 unspecified atom stereocenters. The molecule has 0 spiro atoms. The molecule has 1 aromatic rings. The molecule has 0 aliphatic rings. The lowest BCUT2D eigenvalue weighted by Gasteiger charge is -2.06. The standard InChI is InChI=1S/C12H17NO4S2/c1-10(14)11-4-6-12(7-5-11)19(16,17)13-8-3-9-18(2)15/h4-7,13H,3,8-9H2,1-2H3. The van der Waals surface area contributed by atoms with Crippen LogP contribution < -0.4 is 4.72 Å². The Morgan fingerprint density at radius 2 is 1.84 bits per heavy atom. The van der Waals surface area contributed by atoms with Gasteiger partial charge in [-0.2, -0.15) is 0 Å². The molecule has 0 saturated carbocycles. The van der Waals surface area contributed by atoms with E-state index in [-0.39, 0.29) is 17.2 Å². The number of benzene rings is 1. The van der Waals surface area contributed by atoms with Gasteiger partial charge in [0.2, 0.25) is 10.0 Å². The molecule has 0 bridgehead atoms. The smallest absolute Gasteiger partial charge is 0.240 e. The number of hydrogen-bond acceptors (Lipinski definition) is 4. The monoisotopic (exact) mass is 303 g/mol. The molecule has 0 amide bonds. The fourth-order valence-corrected chi connectivity index (χ4v) is 3.06. The van der Waals surface area contributed by atoms with Crippen LogP contribution in [0.2, 0.25) is 0 Å². The zero-order valence-corrected chi connectivity index (χ0v) is 12.5. The summed E-state index contributed by atoms with van der Waals surface area (Å²) in [6.45, 7) is 1.67. The van der Waals surface area contributed by atoms with Crippen molar-refractivity contribution in [2.24, 2.45) is 0 Å². The summed E-state index contributed by atoms with van der Waals surface area (Å²) in [6, 6.07) is 5.77. The molecule has 0 heterocycles. The van der Waals surface area contributed by atoms with E-state index in [9.17, 15) is 17.4 Å². The molecule has 0 aliphatic heterocycles. The molecule has 1 aromatic carbocycles. The third-order valence-electron chi connectivity index (χ3n) is 2.47. The summed E-state index contributed by atoms with van der Waals surface area (Å²) in [5.41, 5.74) is 0.473. The zero-order chi connectivity index (χ0) is 14.5. The predicted octanol–water partition coefficient (Wildman–Crippen LogP) is 0.936. The molecule has 106 valence electrons. The van der Waals surface area contributed by atoms with Crippen LogP contribution in [0, 0.1) is 0 Å². The molecule has 1 atom stereocenters. The van der Waals surface area contributed by atoms with Crippen LogP contribution in [0.1, 0.15) is 23.7 Å². The molecule has 1 rings (SSSR count). The highest BCUT2D eigenvalue weighted by molar-refractivity contribution is 7.89. The Bertz CT molecular complexity index is 564. The Hall–Kier alpha value is -1.05. The van der Waals surface area contributed by atoms with Gasteiger partial charge in [0, 0.05) is 34.9 Å². The van der Waals surface area contributed by atoms with Crippen molar-refractivity contribution in [3.8, 4) is 0 Å². The number of Topliss-reactive ketones (excluding diaryl/α,β-unsaturated/α-hetero) is 1. The van der Waals surface area contributed by atoms with Crippen LogP contribution in [0.3, 0.4) is 0 Å². The van der Waals surface area contributed by atoms with Crippen LogP contribution >= 0.6 is 0 Å². The van der Waals surface area contributed by atoms with Gasteiger partial charge in [-0.15, -0.1) is 0 Å². The van der Waals surface area contributed by atoms with Crippen molar-refractivity contribution in [1.82, 2.24) is 4.72 Å². The Morgan fingerprint density at radius 1 is 1.26 bits per heavy atom. The van der Waals surface area contributed by atoms with E-state index in [1.807, 2.05) is 0 Å². The maximum atomic E-state index is 11.9. The fraction of sp³-hybridized carbons (Fsp3) is 0.417. The van der Waals surface area contributed by atoms with Gasteiger partial charge in [0.05, 0.1) is 4.90 Å². The highest BCUT2D eigenvalue weighted by Gasteiger charge is 2.13. The Balaban J connectivity index is 2.66. The number of ketones is 1. The molecular weight excluding hydrogens is 286 g/mol. The number of nitrogens with one attached hydrogen (secondary N) is 1. The second kappa shape index (κ2) is 6.93. The zero-order valence-electron chi connectivity index (χ0n) is 10.9. The highest BCUT2D eigenvalue weighted by atomic mass is 32.2. The number of carbonyl (C=O) groups is 1. The van der Waals surface area contributed by atoms with Crippen molar-refractivity contribution >= 4 is 26.6 Å². The van der Waals surface area contributed by atoms with Gasteiger partial charge in [0.1, 0.15) is 0 Å². The van der Waals surface area contributed by atoms with Crippen LogP contribution in [0.15, 0.2) is 29.2 Å². The quantitative estimate of drug-likeness (QED) is 0.600. The molecule has 0 aliphatic carbocycles. The molecule has 0 fully saturated rings. The van der Waals surface area contributed by atoms with Crippen molar-refractivity contribution in [2.45, 2.75) is 18.2 Å². The lowest BCUT2D eigenvalue weighted by atomic mass is 10.2. The van der Waals surface area contributed by atoms with Gasteiger partial charge >= 0.3 is 0 Å². The summed E-state index contributed by atoms with van der Waals surface area (Å²) in [5, 5.41) is 0. The average Bonchev–Trinajstić information content (AvgIpc) is 2.34. The summed E-state index contributed by atoms with van der Waals surface area (Å²) < 4.78 is 37.0. The summed E-state index contributed by atoms with van der Waals surface area (Å²) >= 11 is 0. The van der Waals surface area contributed by atoms with Gasteiger partial charge in [-0.05, 0) is 25.5 Å².